The van der Waals surface area contributed by atoms with Crippen LogP contribution in [0.1, 0.15) is 22.2 Å². The van der Waals surface area contributed by atoms with Crippen molar-refractivity contribution >= 4 is 11.3 Å². The predicted molar refractivity (Wildman–Crippen MR) is 64.9 cm³/mol. The third kappa shape index (κ3) is 2.44. The molecule has 3 N–H and O–H groups in total. The second-order valence-electron chi connectivity index (χ2n) is 3.60. The zero-order valence-corrected chi connectivity index (χ0v) is 9.87. The van der Waals surface area contributed by atoms with Gasteiger partial charge in [0.25, 0.3) is 0 Å². The van der Waals surface area contributed by atoms with Gasteiger partial charge in [0.1, 0.15) is 0 Å². The molecule has 5 heteroatoms. The SMILES string of the molecule is Cc1cccnc1C(Cc1cncs1)NN. The first-order valence-corrected chi connectivity index (χ1v) is 5.94. The van der Waals surface area contributed by atoms with Crippen molar-refractivity contribution < 1.29 is 0 Å². The lowest BCUT2D eigenvalue weighted by Gasteiger charge is -2.16. The van der Waals surface area contributed by atoms with Crippen LogP contribution in [0.3, 0.4) is 0 Å². The second kappa shape index (κ2) is 5.16. The van der Waals surface area contributed by atoms with Gasteiger partial charge in [-0.2, -0.15) is 0 Å². The molecule has 2 aromatic heterocycles. The summed E-state index contributed by atoms with van der Waals surface area (Å²) in [7, 11) is 0. The molecular formula is C11H14N4S. The fraction of sp³-hybridized carbons (Fsp3) is 0.273. The van der Waals surface area contributed by atoms with Gasteiger partial charge in [0.05, 0.1) is 17.2 Å². The maximum Gasteiger partial charge on any atom is 0.0794 e. The van der Waals surface area contributed by atoms with E-state index in [1.54, 1.807) is 17.5 Å². The van der Waals surface area contributed by atoms with Crippen molar-refractivity contribution in [1.82, 2.24) is 15.4 Å². The largest absolute Gasteiger partial charge is 0.271 e. The van der Waals surface area contributed by atoms with Crippen LogP contribution in [0.15, 0.2) is 30.0 Å². The fourth-order valence-corrected chi connectivity index (χ4v) is 2.28. The molecule has 84 valence electrons. The average molecular weight is 234 g/mol. The van der Waals surface area contributed by atoms with Gasteiger partial charge in [-0.3, -0.25) is 21.2 Å². The zero-order chi connectivity index (χ0) is 11.4. The Morgan fingerprint density at radius 1 is 1.56 bits per heavy atom. The standard InChI is InChI=1S/C11H14N4S/c1-8-3-2-4-14-11(8)10(15-12)5-9-6-13-7-16-9/h2-4,6-7,10,15H,5,12H2,1H3. The van der Waals surface area contributed by atoms with Crippen LogP contribution >= 0.6 is 11.3 Å². The van der Waals surface area contributed by atoms with Gasteiger partial charge in [-0.25, -0.2) is 0 Å². The number of aryl methyl sites for hydroxylation is 1. The Morgan fingerprint density at radius 3 is 3.06 bits per heavy atom. The first-order valence-electron chi connectivity index (χ1n) is 5.06. The van der Waals surface area contributed by atoms with Crippen LogP contribution in [0.5, 0.6) is 0 Å². The molecule has 0 aromatic carbocycles. The number of nitrogens with one attached hydrogen (secondary N) is 1. The van der Waals surface area contributed by atoms with Crippen molar-refractivity contribution in [2.75, 3.05) is 0 Å². The molecule has 0 aliphatic heterocycles. The molecule has 0 saturated carbocycles. The molecule has 0 radical (unpaired) electrons. The first kappa shape index (κ1) is 11.2. The van der Waals surface area contributed by atoms with Crippen molar-refractivity contribution in [2.24, 2.45) is 5.84 Å². The highest BCUT2D eigenvalue weighted by molar-refractivity contribution is 7.09. The summed E-state index contributed by atoms with van der Waals surface area (Å²) < 4.78 is 0. The Morgan fingerprint density at radius 2 is 2.44 bits per heavy atom. The molecule has 0 bridgehead atoms. The molecule has 4 nitrogen and oxygen atoms in total. The topological polar surface area (TPSA) is 63.8 Å². The molecule has 0 aliphatic rings. The molecular weight excluding hydrogens is 220 g/mol. The van der Waals surface area contributed by atoms with Crippen LogP contribution in [-0.2, 0) is 6.42 Å². The Kier molecular flexibility index (Phi) is 3.61. The van der Waals surface area contributed by atoms with Gasteiger partial charge in [-0.1, -0.05) is 6.07 Å². The minimum absolute atomic E-state index is 0.0432. The van der Waals surface area contributed by atoms with Gasteiger partial charge >= 0.3 is 0 Å². The number of pyridine rings is 1. The normalized spacial score (nSPS) is 12.6. The monoisotopic (exact) mass is 234 g/mol. The summed E-state index contributed by atoms with van der Waals surface area (Å²) in [5.74, 6) is 5.58. The van der Waals surface area contributed by atoms with Crippen molar-refractivity contribution in [3.05, 3.63) is 46.2 Å². The molecule has 0 fully saturated rings. The Bertz CT molecular complexity index is 441. The van der Waals surface area contributed by atoms with Crippen molar-refractivity contribution in [2.45, 2.75) is 19.4 Å². The highest BCUT2D eigenvalue weighted by Gasteiger charge is 2.14. The number of aromatic nitrogens is 2. The van der Waals surface area contributed by atoms with Crippen molar-refractivity contribution in [1.29, 1.82) is 0 Å². The van der Waals surface area contributed by atoms with E-state index < -0.39 is 0 Å². The van der Waals surface area contributed by atoms with E-state index in [-0.39, 0.29) is 6.04 Å². The summed E-state index contributed by atoms with van der Waals surface area (Å²) in [5.41, 5.74) is 6.79. The molecule has 1 unspecified atom stereocenters. The summed E-state index contributed by atoms with van der Waals surface area (Å²) in [6, 6.07) is 4.01. The first-order chi connectivity index (χ1) is 7.81. The van der Waals surface area contributed by atoms with Crippen molar-refractivity contribution in [3.8, 4) is 0 Å². The second-order valence-corrected chi connectivity index (χ2v) is 4.57. The molecule has 0 aliphatic carbocycles. The highest BCUT2D eigenvalue weighted by Crippen LogP contribution is 2.20. The molecule has 16 heavy (non-hydrogen) atoms. The minimum Gasteiger partial charge on any atom is -0.271 e. The van der Waals surface area contributed by atoms with Gasteiger partial charge in [0.15, 0.2) is 0 Å². The average Bonchev–Trinajstić information content (AvgIpc) is 2.80. The highest BCUT2D eigenvalue weighted by atomic mass is 32.1. The number of hydrazine groups is 1. The summed E-state index contributed by atoms with van der Waals surface area (Å²) in [4.78, 5) is 9.63. The van der Waals surface area contributed by atoms with Gasteiger partial charge in [0, 0.05) is 23.7 Å². The lowest BCUT2D eigenvalue weighted by molar-refractivity contribution is 0.538. The number of nitrogens with zero attached hydrogens (tertiary/aromatic N) is 2. The number of rotatable bonds is 4. The smallest absolute Gasteiger partial charge is 0.0794 e. The van der Waals surface area contributed by atoms with E-state index in [0.29, 0.717) is 0 Å². The summed E-state index contributed by atoms with van der Waals surface area (Å²) in [5, 5.41) is 0. The van der Waals surface area contributed by atoms with Crippen LogP contribution in [-0.4, -0.2) is 9.97 Å². The van der Waals surface area contributed by atoms with Gasteiger partial charge < -0.3 is 0 Å². The maximum atomic E-state index is 5.58. The lowest BCUT2D eigenvalue weighted by atomic mass is 10.1. The lowest BCUT2D eigenvalue weighted by Crippen LogP contribution is -2.30. The van der Waals surface area contributed by atoms with E-state index in [9.17, 15) is 0 Å². The maximum absolute atomic E-state index is 5.58. The van der Waals surface area contributed by atoms with Crippen LogP contribution in [0.25, 0.3) is 0 Å². The number of nitrogens with two attached hydrogens (primary N) is 1. The van der Waals surface area contributed by atoms with Crippen LogP contribution in [0.2, 0.25) is 0 Å². The quantitative estimate of drug-likeness (QED) is 0.623. The van der Waals surface area contributed by atoms with Crippen molar-refractivity contribution in [3.63, 3.8) is 0 Å². The number of hydrogen-bond donors (Lipinski definition) is 2. The Labute approximate surface area is 98.5 Å². The zero-order valence-electron chi connectivity index (χ0n) is 9.05. The Balaban J connectivity index is 2.20. The molecule has 2 heterocycles. The summed E-state index contributed by atoms with van der Waals surface area (Å²) >= 11 is 1.63. The molecule has 1 atom stereocenters. The summed E-state index contributed by atoms with van der Waals surface area (Å²) in [6.45, 7) is 2.04. The van der Waals surface area contributed by atoms with Gasteiger partial charge in [-0.15, -0.1) is 11.3 Å². The third-order valence-electron chi connectivity index (χ3n) is 2.47. The van der Waals surface area contributed by atoms with E-state index in [1.165, 1.54) is 4.88 Å². The third-order valence-corrected chi connectivity index (χ3v) is 3.27. The molecule has 2 aromatic rings. The Hall–Kier alpha value is -1.30. The minimum atomic E-state index is 0.0432. The van der Waals surface area contributed by atoms with E-state index >= 15 is 0 Å². The summed E-state index contributed by atoms with van der Waals surface area (Å²) in [6.07, 6.45) is 4.48. The predicted octanol–water partition coefficient (Wildman–Crippen LogP) is 1.59. The molecule has 0 amide bonds. The molecule has 0 spiro atoms. The van der Waals surface area contributed by atoms with Crippen LogP contribution < -0.4 is 11.3 Å². The van der Waals surface area contributed by atoms with Crippen LogP contribution in [0, 0.1) is 6.92 Å². The molecule has 2 rings (SSSR count). The van der Waals surface area contributed by atoms with E-state index in [2.05, 4.69) is 15.4 Å². The number of hydrogen-bond acceptors (Lipinski definition) is 5. The van der Waals surface area contributed by atoms with Gasteiger partial charge in [-0.05, 0) is 18.6 Å². The van der Waals surface area contributed by atoms with Crippen LogP contribution in [0.4, 0.5) is 0 Å². The van der Waals surface area contributed by atoms with E-state index in [1.807, 2.05) is 30.8 Å². The number of thiazole rings is 1. The van der Waals surface area contributed by atoms with Gasteiger partial charge in [0.2, 0.25) is 0 Å². The fourth-order valence-electron chi connectivity index (χ4n) is 1.64. The van der Waals surface area contributed by atoms with E-state index in [4.69, 9.17) is 5.84 Å². The molecule has 0 saturated heterocycles. The van der Waals surface area contributed by atoms with E-state index in [0.717, 1.165) is 17.7 Å².